The van der Waals surface area contributed by atoms with Crippen molar-refractivity contribution in [2.75, 3.05) is 39.8 Å². The molecule has 1 aromatic carbocycles. The summed E-state index contributed by atoms with van der Waals surface area (Å²) in [6.45, 7) is 7.23. The Hall–Kier alpha value is -3.50. The Morgan fingerprint density at radius 3 is 2.33 bits per heavy atom. The monoisotopic (exact) mass is 502 g/mol. The molecule has 0 aromatic heterocycles. The van der Waals surface area contributed by atoms with Crippen molar-refractivity contribution in [1.82, 2.24) is 19.6 Å². The summed E-state index contributed by atoms with van der Waals surface area (Å²) in [5, 5.41) is 0. The molecule has 1 aromatic rings. The molecule has 0 saturated carbocycles. The van der Waals surface area contributed by atoms with Gasteiger partial charge in [0, 0.05) is 39.1 Å². The number of amides is 4. The third-order valence-electron chi connectivity index (χ3n) is 6.67. The molecule has 0 radical (unpaired) electrons. The quantitative estimate of drug-likeness (QED) is 0.459. The van der Waals surface area contributed by atoms with Gasteiger partial charge in [-0.2, -0.15) is 0 Å². The molecule has 4 amide bonds. The molecule has 3 saturated heterocycles. The van der Waals surface area contributed by atoms with E-state index in [9.17, 15) is 19.2 Å². The van der Waals surface area contributed by atoms with Crippen LogP contribution in [0.4, 0.5) is 14.4 Å². The molecular weight excluding hydrogens is 468 g/mol. The van der Waals surface area contributed by atoms with Crippen LogP contribution in [0.15, 0.2) is 30.3 Å². The highest BCUT2D eigenvalue weighted by Crippen LogP contribution is 2.30. The van der Waals surface area contributed by atoms with Crippen LogP contribution in [-0.4, -0.2) is 107 Å². The van der Waals surface area contributed by atoms with Gasteiger partial charge >= 0.3 is 24.2 Å². The third-order valence-corrected chi connectivity index (χ3v) is 6.67. The molecule has 4 rings (SSSR count). The normalized spacial score (nSPS) is 24.0. The minimum Gasteiger partial charge on any atom is -0.467 e. The molecular formula is C25H34N4O7. The number of urea groups is 1. The van der Waals surface area contributed by atoms with Crippen LogP contribution in [0.25, 0.3) is 0 Å². The van der Waals surface area contributed by atoms with E-state index in [0.29, 0.717) is 26.2 Å². The van der Waals surface area contributed by atoms with E-state index in [-0.39, 0.29) is 37.7 Å². The van der Waals surface area contributed by atoms with E-state index in [1.807, 2.05) is 51.1 Å². The van der Waals surface area contributed by atoms with Gasteiger partial charge in [0.05, 0.1) is 19.2 Å². The van der Waals surface area contributed by atoms with Crippen LogP contribution in [0.5, 0.6) is 0 Å². The molecule has 3 atom stereocenters. The van der Waals surface area contributed by atoms with E-state index < -0.39 is 29.8 Å². The van der Waals surface area contributed by atoms with Crippen molar-refractivity contribution >= 4 is 24.2 Å². The molecule has 11 heteroatoms. The SMILES string of the molecule is COC(=O)[C@@H]1C[C@H](N2CC3CN(C(=O)OC(C)(C)C)CCN3C2=O)CN1C(=O)OCc1ccccc1. The Kier molecular flexibility index (Phi) is 7.28. The first-order valence-electron chi connectivity index (χ1n) is 12.2. The predicted octanol–water partition coefficient (Wildman–Crippen LogP) is 2.30. The summed E-state index contributed by atoms with van der Waals surface area (Å²) in [5.74, 6) is -0.547. The van der Waals surface area contributed by atoms with E-state index in [2.05, 4.69) is 0 Å². The summed E-state index contributed by atoms with van der Waals surface area (Å²) in [6, 6.07) is 7.71. The molecule has 0 aliphatic carbocycles. The summed E-state index contributed by atoms with van der Waals surface area (Å²) in [5.41, 5.74) is 0.231. The van der Waals surface area contributed by atoms with E-state index in [4.69, 9.17) is 14.2 Å². The van der Waals surface area contributed by atoms with Crippen LogP contribution in [0.3, 0.4) is 0 Å². The van der Waals surface area contributed by atoms with Crippen LogP contribution in [0.2, 0.25) is 0 Å². The fraction of sp³-hybridized carbons (Fsp3) is 0.600. The number of rotatable bonds is 4. The molecule has 0 bridgehead atoms. The number of methoxy groups -OCH3 is 1. The first-order valence-corrected chi connectivity index (χ1v) is 12.2. The van der Waals surface area contributed by atoms with Gasteiger partial charge in [0.2, 0.25) is 0 Å². The van der Waals surface area contributed by atoms with E-state index in [1.54, 1.807) is 14.7 Å². The maximum absolute atomic E-state index is 13.2. The maximum atomic E-state index is 13.2. The lowest BCUT2D eigenvalue weighted by molar-refractivity contribution is -0.145. The zero-order valence-corrected chi connectivity index (χ0v) is 21.2. The summed E-state index contributed by atoms with van der Waals surface area (Å²) in [7, 11) is 1.27. The molecule has 36 heavy (non-hydrogen) atoms. The van der Waals surface area contributed by atoms with Crippen LogP contribution in [0, 0.1) is 0 Å². The van der Waals surface area contributed by atoms with Crippen LogP contribution in [-0.2, 0) is 25.6 Å². The summed E-state index contributed by atoms with van der Waals surface area (Å²) < 4.78 is 15.9. The van der Waals surface area contributed by atoms with Gasteiger partial charge < -0.3 is 28.9 Å². The zero-order valence-electron chi connectivity index (χ0n) is 21.2. The van der Waals surface area contributed by atoms with Gasteiger partial charge in [0.25, 0.3) is 0 Å². The van der Waals surface area contributed by atoms with Gasteiger partial charge in [-0.15, -0.1) is 0 Å². The number of benzene rings is 1. The summed E-state index contributed by atoms with van der Waals surface area (Å²) >= 11 is 0. The second kappa shape index (κ2) is 10.2. The lowest BCUT2D eigenvalue weighted by atomic mass is 10.1. The van der Waals surface area contributed by atoms with Crippen LogP contribution >= 0.6 is 0 Å². The van der Waals surface area contributed by atoms with Crippen LogP contribution < -0.4 is 0 Å². The molecule has 1 unspecified atom stereocenters. The number of hydrogen-bond donors (Lipinski definition) is 0. The van der Waals surface area contributed by atoms with Gasteiger partial charge in [0.1, 0.15) is 18.2 Å². The first-order chi connectivity index (χ1) is 17.1. The molecule has 3 heterocycles. The smallest absolute Gasteiger partial charge is 0.410 e. The molecule has 11 nitrogen and oxygen atoms in total. The van der Waals surface area contributed by atoms with Crippen molar-refractivity contribution in [2.24, 2.45) is 0 Å². The number of carbonyl (C=O) groups excluding carboxylic acids is 4. The Bertz CT molecular complexity index is 996. The zero-order chi connectivity index (χ0) is 26.0. The molecule has 3 aliphatic heterocycles. The second-order valence-corrected chi connectivity index (χ2v) is 10.3. The second-order valence-electron chi connectivity index (χ2n) is 10.3. The highest BCUT2D eigenvalue weighted by Gasteiger charge is 2.50. The molecule has 196 valence electrons. The molecule has 3 aliphatic rings. The number of nitrogens with zero attached hydrogens (tertiary/aromatic N) is 4. The van der Waals surface area contributed by atoms with Crippen molar-refractivity contribution in [1.29, 1.82) is 0 Å². The number of likely N-dealkylation sites (tertiary alicyclic amines) is 1. The topological polar surface area (TPSA) is 109 Å². The largest absolute Gasteiger partial charge is 0.467 e. The van der Waals surface area contributed by atoms with E-state index >= 15 is 0 Å². The lowest BCUT2D eigenvalue weighted by Gasteiger charge is -2.37. The van der Waals surface area contributed by atoms with E-state index in [1.165, 1.54) is 12.0 Å². The summed E-state index contributed by atoms with van der Waals surface area (Å²) in [4.78, 5) is 57.6. The maximum Gasteiger partial charge on any atom is 0.410 e. The highest BCUT2D eigenvalue weighted by atomic mass is 16.6. The number of fused-ring (bicyclic) bond motifs is 1. The minimum atomic E-state index is -0.841. The standard InChI is InChI=1S/C25H34N4O7/c1-25(2,3)36-23(32)26-10-11-27-19(13-26)15-28(22(27)31)18-12-20(21(30)34-4)29(14-18)24(33)35-16-17-8-6-5-7-9-17/h5-9,18-20H,10-16H2,1-4H3/t18-,19?,20-/m0/s1. The van der Waals surface area contributed by atoms with Gasteiger partial charge in [-0.3, -0.25) is 4.90 Å². The minimum absolute atomic E-state index is 0.0771. The third kappa shape index (κ3) is 5.50. The molecule has 0 spiro atoms. The van der Waals surface area contributed by atoms with E-state index in [0.717, 1.165) is 5.56 Å². The average molecular weight is 503 g/mol. The van der Waals surface area contributed by atoms with Crippen LogP contribution in [0.1, 0.15) is 32.8 Å². The molecule has 0 N–H and O–H groups in total. The van der Waals surface area contributed by atoms with Gasteiger partial charge in [0.15, 0.2) is 0 Å². The predicted molar refractivity (Wildman–Crippen MR) is 128 cm³/mol. The summed E-state index contributed by atoms with van der Waals surface area (Å²) in [6.07, 6.45) is -0.765. The van der Waals surface area contributed by atoms with Crippen molar-refractivity contribution < 1.29 is 33.4 Å². The number of carbonyl (C=O) groups is 4. The van der Waals surface area contributed by atoms with Crippen molar-refractivity contribution in [3.05, 3.63) is 35.9 Å². The Morgan fingerprint density at radius 2 is 1.67 bits per heavy atom. The molecule has 3 fully saturated rings. The van der Waals surface area contributed by atoms with Crippen molar-refractivity contribution in [3.8, 4) is 0 Å². The number of esters is 1. The Morgan fingerprint density at radius 1 is 0.944 bits per heavy atom. The number of hydrogen-bond acceptors (Lipinski definition) is 7. The number of ether oxygens (including phenoxy) is 3. The fourth-order valence-electron chi connectivity index (χ4n) is 4.93. The van der Waals surface area contributed by atoms with Gasteiger partial charge in [-0.05, 0) is 26.3 Å². The van der Waals surface area contributed by atoms with Gasteiger partial charge in [-0.25, -0.2) is 19.2 Å². The highest BCUT2D eigenvalue weighted by molar-refractivity contribution is 5.83. The van der Waals surface area contributed by atoms with Gasteiger partial charge in [-0.1, -0.05) is 30.3 Å². The Labute approximate surface area is 210 Å². The fourth-order valence-corrected chi connectivity index (χ4v) is 4.93. The van der Waals surface area contributed by atoms with Crippen molar-refractivity contribution in [3.63, 3.8) is 0 Å². The Balaban J connectivity index is 1.41. The number of piperazine rings is 1. The van der Waals surface area contributed by atoms with Crippen molar-refractivity contribution in [2.45, 2.75) is 57.5 Å². The average Bonchev–Trinajstić information content (AvgIpc) is 3.43. The lowest BCUT2D eigenvalue weighted by Crippen LogP contribution is -2.54. The first kappa shape index (κ1) is 25.6.